The summed E-state index contributed by atoms with van der Waals surface area (Å²) in [7, 11) is 0. The maximum atomic E-state index is 2.47. The zero-order valence-corrected chi connectivity index (χ0v) is 11.1. The number of benzene rings is 2. The fraction of sp³-hybridized carbons (Fsp3) is 0.333. The molecule has 0 heterocycles. The molecule has 90 valence electrons. The molecule has 0 unspecified atom stereocenters. The summed E-state index contributed by atoms with van der Waals surface area (Å²) in [6.07, 6.45) is 3.60. The molecule has 0 N–H and O–H groups in total. The van der Waals surface area contributed by atoms with Gasteiger partial charge in [-0.3, -0.25) is 0 Å². The standard InChI is InChI=1S/C18H18/c1-18(2)10-14-8-13-7-12-5-3-4-6-16(12)17(13)9-15(14)11-18/h3-6,8-9H,7,10-11H2,1-2H3. The topological polar surface area (TPSA) is 0 Å². The van der Waals surface area contributed by atoms with E-state index in [1.807, 2.05) is 0 Å². The van der Waals surface area contributed by atoms with E-state index in [-0.39, 0.29) is 0 Å². The summed E-state index contributed by atoms with van der Waals surface area (Å²) >= 11 is 0. The van der Waals surface area contributed by atoms with Crippen LogP contribution in [0.2, 0.25) is 0 Å². The van der Waals surface area contributed by atoms with Gasteiger partial charge in [0.2, 0.25) is 0 Å². The highest BCUT2D eigenvalue weighted by molar-refractivity contribution is 5.78. The largest absolute Gasteiger partial charge is 0.0619 e. The lowest BCUT2D eigenvalue weighted by Gasteiger charge is -2.14. The van der Waals surface area contributed by atoms with Crippen molar-refractivity contribution < 1.29 is 0 Å². The molecule has 0 spiro atoms. The smallest absolute Gasteiger partial charge is 0.00134 e. The van der Waals surface area contributed by atoms with Gasteiger partial charge < -0.3 is 0 Å². The first kappa shape index (κ1) is 10.4. The maximum absolute atomic E-state index is 2.47. The van der Waals surface area contributed by atoms with Crippen molar-refractivity contribution in [2.24, 2.45) is 5.41 Å². The molecule has 0 saturated carbocycles. The summed E-state index contributed by atoms with van der Waals surface area (Å²) in [5.74, 6) is 0. The molecule has 2 aliphatic carbocycles. The fourth-order valence-electron chi connectivity index (χ4n) is 3.70. The van der Waals surface area contributed by atoms with Gasteiger partial charge in [-0.25, -0.2) is 0 Å². The second-order valence-corrected chi connectivity index (χ2v) is 6.63. The van der Waals surface area contributed by atoms with Crippen LogP contribution in [0.1, 0.15) is 36.1 Å². The quantitative estimate of drug-likeness (QED) is 0.541. The molecule has 0 radical (unpaired) electrons. The second-order valence-electron chi connectivity index (χ2n) is 6.63. The van der Waals surface area contributed by atoms with Crippen LogP contribution in [0, 0.1) is 5.41 Å². The Kier molecular flexibility index (Phi) is 1.88. The van der Waals surface area contributed by atoms with Crippen molar-refractivity contribution in [1.29, 1.82) is 0 Å². The molecule has 0 bridgehead atoms. The normalized spacial score (nSPS) is 18.3. The Morgan fingerprint density at radius 1 is 0.778 bits per heavy atom. The van der Waals surface area contributed by atoms with Crippen molar-refractivity contribution in [1.82, 2.24) is 0 Å². The van der Waals surface area contributed by atoms with E-state index in [2.05, 4.69) is 50.2 Å². The predicted molar refractivity (Wildman–Crippen MR) is 75.9 cm³/mol. The van der Waals surface area contributed by atoms with Gasteiger partial charge >= 0.3 is 0 Å². The van der Waals surface area contributed by atoms with Gasteiger partial charge in [-0.2, -0.15) is 0 Å². The Morgan fingerprint density at radius 2 is 1.50 bits per heavy atom. The Morgan fingerprint density at radius 3 is 2.33 bits per heavy atom. The number of hydrogen-bond donors (Lipinski definition) is 0. The third-order valence-corrected chi connectivity index (χ3v) is 4.45. The Balaban J connectivity index is 1.89. The molecule has 0 amide bonds. The number of hydrogen-bond acceptors (Lipinski definition) is 0. The van der Waals surface area contributed by atoms with Crippen LogP contribution in [-0.4, -0.2) is 0 Å². The third-order valence-electron chi connectivity index (χ3n) is 4.45. The lowest BCUT2D eigenvalue weighted by atomic mass is 9.90. The Bertz CT molecular complexity index is 647. The van der Waals surface area contributed by atoms with Crippen molar-refractivity contribution in [3.8, 4) is 11.1 Å². The van der Waals surface area contributed by atoms with E-state index in [0.29, 0.717) is 5.41 Å². The highest BCUT2D eigenvalue weighted by atomic mass is 14.3. The van der Waals surface area contributed by atoms with Crippen LogP contribution in [0.15, 0.2) is 36.4 Å². The van der Waals surface area contributed by atoms with Crippen molar-refractivity contribution >= 4 is 0 Å². The van der Waals surface area contributed by atoms with Crippen LogP contribution in [0.5, 0.6) is 0 Å². The van der Waals surface area contributed by atoms with Gasteiger partial charge in [-0.1, -0.05) is 50.2 Å². The van der Waals surface area contributed by atoms with Crippen molar-refractivity contribution in [3.05, 3.63) is 58.7 Å². The van der Waals surface area contributed by atoms with E-state index in [4.69, 9.17) is 0 Å². The molecule has 0 atom stereocenters. The molecule has 0 aliphatic heterocycles. The van der Waals surface area contributed by atoms with Gasteiger partial charge in [0.25, 0.3) is 0 Å². The summed E-state index contributed by atoms with van der Waals surface area (Å²) in [6.45, 7) is 4.76. The summed E-state index contributed by atoms with van der Waals surface area (Å²) in [6, 6.07) is 13.8. The first-order valence-corrected chi connectivity index (χ1v) is 6.85. The van der Waals surface area contributed by atoms with Gasteiger partial charge in [-0.15, -0.1) is 0 Å². The third kappa shape index (κ3) is 1.38. The van der Waals surface area contributed by atoms with Crippen LogP contribution in [0.3, 0.4) is 0 Å². The van der Waals surface area contributed by atoms with Crippen LogP contribution in [-0.2, 0) is 19.3 Å². The highest BCUT2D eigenvalue weighted by Gasteiger charge is 2.30. The van der Waals surface area contributed by atoms with Gasteiger partial charge in [-0.05, 0) is 58.1 Å². The van der Waals surface area contributed by atoms with Gasteiger partial charge in [0.15, 0.2) is 0 Å². The Hall–Kier alpha value is -1.56. The van der Waals surface area contributed by atoms with Crippen LogP contribution < -0.4 is 0 Å². The SMILES string of the molecule is CC1(C)Cc2cc3c(cc2C1)-c1ccccc1C3. The summed E-state index contributed by atoms with van der Waals surface area (Å²) < 4.78 is 0. The van der Waals surface area contributed by atoms with Gasteiger partial charge in [0, 0.05) is 0 Å². The lowest BCUT2D eigenvalue weighted by molar-refractivity contribution is 0.392. The summed E-state index contributed by atoms with van der Waals surface area (Å²) in [5.41, 5.74) is 9.60. The molecular formula is C18H18. The monoisotopic (exact) mass is 234 g/mol. The average Bonchev–Trinajstić information content (AvgIpc) is 2.80. The first-order valence-electron chi connectivity index (χ1n) is 6.85. The van der Waals surface area contributed by atoms with Crippen LogP contribution in [0.4, 0.5) is 0 Å². The van der Waals surface area contributed by atoms with Crippen molar-refractivity contribution in [2.75, 3.05) is 0 Å². The lowest BCUT2D eigenvalue weighted by Crippen LogP contribution is -2.09. The number of rotatable bonds is 0. The zero-order chi connectivity index (χ0) is 12.3. The van der Waals surface area contributed by atoms with E-state index >= 15 is 0 Å². The van der Waals surface area contributed by atoms with E-state index in [1.165, 1.54) is 35.1 Å². The first-order chi connectivity index (χ1) is 8.62. The average molecular weight is 234 g/mol. The molecule has 0 saturated heterocycles. The van der Waals surface area contributed by atoms with E-state index < -0.39 is 0 Å². The minimum atomic E-state index is 0.455. The highest BCUT2D eigenvalue weighted by Crippen LogP contribution is 2.43. The molecule has 4 rings (SSSR count). The van der Waals surface area contributed by atoms with Crippen molar-refractivity contribution in [2.45, 2.75) is 33.1 Å². The van der Waals surface area contributed by atoms with E-state index in [1.54, 1.807) is 11.1 Å². The Labute approximate surface area is 109 Å². The van der Waals surface area contributed by atoms with Crippen molar-refractivity contribution in [3.63, 3.8) is 0 Å². The fourth-order valence-corrected chi connectivity index (χ4v) is 3.70. The maximum Gasteiger partial charge on any atom is -0.00134 e. The van der Waals surface area contributed by atoms with Crippen LogP contribution in [0.25, 0.3) is 11.1 Å². The minimum absolute atomic E-state index is 0.455. The molecule has 2 aliphatic rings. The predicted octanol–water partition coefficient (Wildman–Crippen LogP) is 4.38. The molecule has 2 aromatic rings. The molecule has 2 aromatic carbocycles. The molecule has 18 heavy (non-hydrogen) atoms. The molecule has 0 heteroatoms. The van der Waals surface area contributed by atoms with Gasteiger partial charge in [0.1, 0.15) is 0 Å². The molecular weight excluding hydrogens is 216 g/mol. The zero-order valence-electron chi connectivity index (χ0n) is 11.1. The minimum Gasteiger partial charge on any atom is -0.0619 e. The van der Waals surface area contributed by atoms with E-state index in [0.717, 1.165) is 6.42 Å². The molecule has 0 fully saturated rings. The molecule has 0 aromatic heterocycles. The van der Waals surface area contributed by atoms with Gasteiger partial charge in [0.05, 0.1) is 0 Å². The summed E-state index contributed by atoms with van der Waals surface area (Å²) in [5, 5.41) is 0. The number of fused-ring (bicyclic) bond motifs is 4. The summed E-state index contributed by atoms with van der Waals surface area (Å²) in [4.78, 5) is 0. The second kappa shape index (κ2) is 3.26. The van der Waals surface area contributed by atoms with E-state index in [9.17, 15) is 0 Å². The molecule has 0 nitrogen and oxygen atoms in total. The van der Waals surface area contributed by atoms with Crippen LogP contribution >= 0.6 is 0 Å².